The van der Waals surface area contributed by atoms with Crippen LogP contribution in [-0.2, 0) is 15.1 Å². The van der Waals surface area contributed by atoms with E-state index < -0.39 is 29.0 Å². The van der Waals surface area contributed by atoms with E-state index in [-0.39, 0.29) is 17.8 Å². The molecule has 0 bridgehead atoms. The van der Waals surface area contributed by atoms with E-state index in [1.807, 2.05) is 0 Å². The van der Waals surface area contributed by atoms with E-state index in [0.29, 0.717) is 11.3 Å². The molecule has 0 aromatic heterocycles. The molecular weight excluding hydrogens is 390 g/mol. The molecule has 30 heavy (non-hydrogen) atoms. The minimum absolute atomic E-state index is 0.0201. The van der Waals surface area contributed by atoms with Crippen molar-refractivity contribution < 1.29 is 23.1 Å². The van der Waals surface area contributed by atoms with Crippen LogP contribution in [0.15, 0.2) is 72.8 Å². The molecule has 1 atom stereocenters. The topological polar surface area (TPSA) is 58.6 Å². The number of nitrogens with zero attached hydrogens (tertiary/aromatic N) is 1. The number of benzene rings is 3. The highest BCUT2D eigenvalue weighted by Gasteiger charge is 2.59. The first-order chi connectivity index (χ1) is 14.5. The fourth-order valence-electron chi connectivity index (χ4n) is 3.67. The van der Waals surface area contributed by atoms with Gasteiger partial charge < -0.3 is 10.1 Å². The van der Waals surface area contributed by atoms with Crippen LogP contribution in [-0.4, -0.2) is 18.9 Å². The Morgan fingerprint density at radius 2 is 1.60 bits per heavy atom. The molecule has 3 aromatic rings. The molecular formula is C23H18F2N2O3. The number of ether oxygens (including phenoxy) is 1. The number of para-hydroxylation sites is 2. The van der Waals surface area contributed by atoms with Crippen molar-refractivity contribution >= 4 is 23.2 Å². The van der Waals surface area contributed by atoms with E-state index in [9.17, 15) is 18.4 Å². The Morgan fingerprint density at radius 3 is 2.20 bits per heavy atom. The lowest BCUT2D eigenvalue weighted by atomic mass is 9.76. The minimum atomic E-state index is -1.53. The molecule has 1 saturated heterocycles. The largest absolute Gasteiger partial charge is 0.497 e. The minimum Gasteiger partial charge on any atom is -0.497 e. The van der Waals surface area contributed by atoms with Gasteiger partial charge >= 0.3 is 0 Å². The second-order valence-corrected chi connectivity index (χ2v) is 6.88. The maximum absolute atomic E-state index is 14.6. The van der Waals surface area contributed by atoms with Crippen molar-refractivity contribution in [3.63, 3.8) is 0 Å². The molecule has 1 aliphatic rings. The summed E-state index contributed by atoms with van der Waals surface area (Å²) in [4.78, 5) is 27.2. The van der Waals surface area contributed by atoms with Crippen LogP contribution in [0.2, 0.25) is 0 Å². The highest BCUT2D eigenvalue weighted by molar-refractivity contribution is 6.17. The molecule has 152 valence electrons. The van der Waals surface area contributed by atoms with Gasteiger partial charge in [0.15, 0.2) is 5.54 Å². The summed E-state index contributed by atoms with van der Waals surface area (Å²) in [5, 5.41) is 2.56. The highest BCUT2D eigenvalue weighted by Crippen LogP contribution is 2.46. The quantitative estimate of drug-likeness (QED) is 0.643. The van der Waals surface area contributed by atoms with Crippen molar-refractivity contribution in [3.05, 3.63) is 90.0 Å². The Morgan fingerprint density at radius 1 is 0.967 bits per heavy atom. The molecule has 1 unspecified atom stereocenters. The maximum atomic E-state index is 14.6. The summed E-state index contributed by atoms with van der Waals surface area (Å²) in [7, 11) is 1.51. The molecule has 0 radical (unpaired) electrons. The van der Waals surface area contributed by atoms with E-state index in [4.69, 9.17) is 4.74 Å². The number of methoxy groups -OCH3 is 1. The molecule has 1 aliphatic heterocycles. The zero-order valence-electron chi connectivity index (χ0n) is 16.1. The summed E-state index contributed by atoms with van der Waals surface area (Å²) >= 11 is 0. The molecule has 1 fully saturated rings. The molecule has 2 amide bonds. The molecule has 1 N–H and O–H groups in total. The third-order valence-electron chi connectivity index (χ3n) is 5.20. The van der Waals surface area contributed by atoms with E-state index in [2.05, 4.69) is 5.32 Å². The first-order valence-corrected chi connectivity index (χ1v) is 9.25. The van der Waals surface area contributed by atoms with Gasteiger partial charge in [0.2, 0.25) is 5.91 Å². The SMILES string of the molecule is COc1ccc(C2(C(=O)Nc3ccccc3F)CC(=O)N2c2ccccc2F)cc1. The molecule has 7 heteroatoms. The van der Waals surface area contributed by atoms with Gasteiger partial charge in [-0.05, 0) is 42.0 Å². The molecule has 0 saturated carbocycles. The van der Waals surface area contributed by atoms with Gasteiger partial charge in [-0.2, -0.15) is 0 Å². The zero-order chi connectivity index (χ0) is 21.3. The van der Waals surface area contributed by atoms with Gasteiger partial charge in [0, 0.05) is 0 Å². The summed E-state index contributed by atoms with van der Waals surface area (Å²) in [6.45, 7) is 0. The molecule has 0 aliphatic carbocycles. The van der Waals surface area contributed by atoms with Gasteiger partial charge in [-0.3, -0.25) is 14.5 Å². The van der Waals surface area contributed by atoms with Crippen LogP contribution in [0.25, 0.3) is 0 Å². The number of β-lactam (4-membered cyclic amide) rings is 1. The second kappa shape index (κ2) is 7.59. The number of hydrogen-bond donors (Lipinski definition) is 1. The van der Waals surface area contributed by atoms with Crippen LogP contribution < -0.4 is 15.0 Å². The number of carbonyl (C=O) groups excluding carboxylic acids is 2. The number of anilines is 2. The normalized spacial score (nSPS) is 18.0. The lowest BCUT2D eigenvalue weighted by molar-refractivity contribution is -0.137. The van der Waals surface area contributed by atoms with Gasteiger partial charge in [-0.15, -0.1) is 0 Å². The molecule has 1 heterocycles. The molecule has 0 spiro atoms. The van der Waals surface area contributed by atoms with E-state index >= 15 is 0 Å². The summed E-state index contributed by atoms with van der Waals surface area (Å²) in [6, 6.07) is 18.0. The van der Waals surface area contributed by atoms with Crippen LogP contribution in [0, 0.1) is 11.6 Å². The predicted molar refractivity (Wildman–Crippen MR) is 108 cm³/mol. The molecule has 4 rings (SSSR count). The number of nitrogens with one attached hydrogen (secondary N) is 1. The van der Waals surface area contributed by atoms with Crippen molar-refractivity contribution in [2.75, 3.05) is 17.3 Å². The monoisotopic (exact) mass is 408 g/mol. The van der Waals surface area contributed by atoms with Crippen LogP contribution in [0.1, 0.15) is 12.0 Å². The fraction of sp³-hybridized carbons (Fsp3) is 0.130. The second-order valence-electron chi connectivity index (χ2n) is 6.88. The number of halogens is 2. The standard InChI is InChI=1S/C23H18F2N2O3/c1-30-16-12-10-15(11-13-16)23(22(29)26-19-8-4-2-6-17(19)24)14-21(28)27(23)20-9-5-3-7-18(20)25/h2-13H,14H2,1H3,(H,26,29). The van der Waals surface area contributed by atoms with Crippen molar-refractivity contribution in [1.29, 1.82) is 0 Å². The Hall–Kier alpha value is -3.74. The summed E-state index contributed by atoms with van der Waals surface area (Å²) < 4.78 is 33.9. The van der Waals surface area contributed by atoms with Crippen LogP contribution in [0.4, 0.5) is 20.2 Å². The molecule has 3 aromatic carbocycles. The van der Waals surface area contributed by atoms with Gasteiger partial charge in [0.05, 0.1) is 24.9 Å². The van der Waals surface area contributed by atoms with Crippen molar-refractivity contribution in [1.82, 2.24) is 0 Å². The molecule has 5 nitrogen and oxygen atoms in total. The number of hydrogen-bond acceptors (Lipinski definition) is 3. The Kier molecular flexibility index (Phi) is 4.95. The zero-order valence-corrected chi connectivity index (χ0v) is 16.1. The Labute approximate surface area is 171 Å². The maximum Gasteiger partial charge on any atom is 0.256 e. The van der Waals surface area contributed by atoms with E-state index in [1.165, 1.54) is 43.5 Å². The third kappa shape index (κ3) is 3.08. The third-order valence-corrected chi connectivity index (χ3v) is 5.20. The Bertz CT molecular complexity index is 1120. The van der Waals surface area contributed by atoms with Gasteiger partial charge in [-0.1, -0.05) is 36.4 Å². The first-order valence-electron chi connectivity index (χ1n) is 9.25. The number of rotatable bonds is 5. The van der Waals surface area contributed by atoms with Crippen molar-refractivity contribution in [2.24, 2.45) is 0 Å². The lowest BCUT2D eigenvalue weighted by Gasteiger charge is -2.50. The van der Waals surface area contributed by atoms with E-state index in [0.717, 1.165) is 4.90 Å². The summed E-state index contributed by atoms with van der Waals surface area (Å²) in [5.74, 6) is -1.74. The summed E-state index contributed by atoms with van der Waals surface area (Å²) in [6.07, 6.45) is -0.187. The van der Waals surface area contributed by atoms with Crippen LogP contribution >= 0.6 is 0 Å². The van der Waals surface area contributed by atoms with Gasteiger partial charge in [0.1, 0.15) is 17.4 Å². The number of carbonyl (C=O) groups is 2. The average Bonchev–Trinajstić information content (AvgIpc) is 2.75. The van der Waals surface area contributed by atoms with Gasteiger partial charge in [-0.25, -0.2) is 8.78 Å². The van der Waals surface area contributed by atoms with Crippen molar-refractivity contribution in [2.45, 2.75) is 12.0 Å². The first kappa shape index (κ1) is 19.6. The van der Waals surface area contributed by atoms with Gasteiger partial charge in [0.25, 0.3) is 5.91 Å². The smallest absolute Gasteiger partial charge is 0.256 e. The number of amides is 2. The average molecular weight is 408 g/mol. The van der Waals surface area contributed by atoms with Crippen LogP contribution in [0.5, 0.6) is 5.75 Å². The van der Waals surface area contributed by atoms with Crippen LogP contribution in [0.3, 0.4) is 0 Å². The predicted octanol–water partition coefficient (Wildman–Crippen LogP) is 4.24. The Balaban J connectivity index is 1.83. The van der Waals surface area contributed by atoms with E-state index in [1.54, 1.807) is 36.4 Å². The van der Waals surface area contributed by atoms with Crippen molar-refractivity contribution in [3.8, 4) is 5.75 Å². The fourth-order valence-corrected chi connectivity index (χ4v) is 3.67. The highest BCUT2D eigenvalue weighted by atomic mass is 19.1. The lowest BCUT2D eigenvalue weighted by Crippen LogP contribution is -2.67. The summed E-state index contributed by atoms with van der Waals surface area (Å²) in [5.41, 5.74) is -1.12.